The zero-order chi connectivity index (χ0) is 13.7. The average molecular weight is 320 g/mol. The van der Waals surface area contributed by atoms with Crippen molar-refractivity contribution >= 4 is 24.0 Å². The highest BCUT2D eigenvalue weighted by atomic mass is 35.5. The van der Waals surface area contributed by atoms with Gasteiger partial charge in [0, 0.05) is 56.4 Å². The minimum atomic E-state index is 0. The lowest BCUT2D eigenvalue weighted by atomic mass is 10.1. The summed E-state index contributed by atoms with van der Waals surface area (Å²) < 4.78 is 5.39. The van der Waals surface area contributed by atoms with Gasteiger partial charge in [-0.2, -0.15) is 0 Å². The monoisotopic (exact) mass is 319 g/mol. The first kappa shape index (κ1) is 17.5. The molecule has 0 amide bonds. The van der Waals surface area contributed by atoms with Crippen LogP contribution < -0.4 is 10.5 Å². The first-order chi connectivity index (χ1) is 9.22. The van der Waals surface area contributed by atoms with E-state index in [2.05, 4.69) is 9.80 Å². The fraction of sp³-hybridized carbons (Fsp3) is 0.571. The predicted octanol–water partition coefficient (Wildman–Crippen LogP) is 1.85. The lowest BCUT2D eigenvalue weighted by Crippen LogP contribution is -2.47. The number of piperazine rings is 1. The lowest BCUT2D eigenvalue weighted by molar-refractivity contribution is 0.129. The molecule has 1 heterocycles. The highest BCUT2D eigenvalue weighted by molar-refractivity contribution is 6.30. The molecule has 2 N–H and O–H groups in total. The zero-order valence-electron chi connectivity index (χ0n) is 11.8. The molecule has 4 nitrogen and oxygen atoms in total. The van der Waals surface area contributed by atoms with Gasteiger partial charge >= 0.3 is 0 Å². The molecular weight excluding hydrogens is 297 g/mol. The SMILES string of the molecule is COc1ccc(Cl)cc1CN1CCN(CCN)CC1.Cl. The van der Waals surface area contributed by atoms with Crippen LogP contribution in [0.1, 0.15) is 5.56 Å². The van der Waals surface area contributed by atoms with Crippen LogP contribution in [0.25, 0.3) is 0 Å². The summed E-state index contributed by atoms with van der Waals surface area (Å²) in [5.74, 6) is 0.911. The molecule has 1 aliphatic rings. The van der Waals surface area contributed by atoms with E-state index in [9.17, 15) is 0 Å². The summed E-state index contributed by atoms with van der Waals surface area (Å²) in [5.41, 5.74) is 6.74. The third kappa shape index (κ3) is 4.79. The number of nitrogens with zero attached hydrogens (tertiary/aromatic N) is 2. The summed E-state index contributed by atoms with van der Waals surface area (Å²) in [5, 5.41) is 0.762. The van der Waals surface area contributed by atoms with Crippen molar-refractivity contribution in [2.45, 2.75) is 6.54 Å². The molecule has 0 unspecified atom stereocenters. The van der Waals surface area contributed by atoms with E-state index in [-0.39, 0.29) is 12.4 Å². The van der Waals surface area contributed by atoms with Gasteiger partial charge in [0.25, 0.3) is 0 Å². The molecule has 6 heteroatoms. The Kier molecular flexibility index (Phi) is 7.62. The molecular formula is C14H23Cl2N3O. The summed E-state index contributed by atoms with van der Waals surface area (Å²) in [7, 11) is 1.70. The van der Waals surface area contributed by atoms with Gasteiger partial charge in [-0.05, 0) is 18.2 Å². The van der Waals surface area contributed by atoms with Crippen LogP contribution in [0.2, 0.25) is 5.02 Å². The summed E-state index contributed by atoms with van der Waals surface area (Å²) in [6.45, 7) is 6.92. The second-order valence-corrected chi connectivity index (χ2v) is 5.30. The highest BCUT2D eigenvalue weighted by Crippen LogP contribution is 2.24. The molecule has 1 aromatic carbocycles. The molecule has 1 fully saturated rings. The van der Waals surface area contributed by atoms with E-state index in [1.165, 1.54) is 0 Å². The van der Waals surface area contributed by atoms with Crippen molar-refractivity contribution in [3.8, 4) is 5.75 Å². The summed E-state index contributed by atoms with van der Waals surface area (Å²) in [4.78, 5) is 4.84. The largest absolute Gasteiger partial charge is 0.496 e. The normalized spacial score (nSPS) is 16.8. The topological polar surface area (TPSA) is 41.7 Å². The Morgan fingerprint density at radius 1 is 1.20 bits per heavy atom. The average Bonchev–Trinajstić information content (AvgIpc) is 2.42. The summed E-state index contributed by atoms with van der Waals surface area (Å²) in [6, 6.07) is 5.79. The fourth-order valence-corrected chi connectivity index (χ4v) is 2.66. The maximum absolute atomic E-state index is 6.06. The van der Waals surface area contributed by atoms with Crippen LogP contribution in [0.15, 0.2) is 18.2 Å². The molecule has 0 atom stereocenters. The van der Waals surface area contributed by atoms with Crippen LogP contribution in [-0.4, -0.2) is 56.2 Å². The first-order valence-electron chi connectivity index (χ1n) is 6.70. The fourth-order valence-electron chi connectivity index (χ4n) is 2.47. The van der Waals surface area contributed by atoms with E-state index < -0.39 is 0 Å². The number of methoxy groups -OCH3 is 1. The van der Waals surface area contributed by atoms with E-state index in [0.717, 1.165) is 62.1 Å². The van der Waals surface area contributed by atoms with E-state index in [1.54, 1.807) is 7.11 Å². The van der Waals surface area contributed by atoms with Gasteiger partial charge in [0.05, 0.1) is 7.11 Å². The van der Waals surface area contributed by atoms with Crippen molar-refractivity contribution in [2.24, 2.45) is 5.73 Å². The van der Waals surface area contributed by atoms with Crippen molar-refractivity contribution < 1.29 is 4.74 Å². The Bertz CT molecular complexity index is 409. The molecule has 114 valence electrons. The standard InChI is InChI=1S/C14H22ClN3O.ClH/c1-19-14-3-2-13(15)10-12(14)11-18-8-6-17(5-4-16)7-9-18;/h2-3,10H,4-9,11,16H2,1H3;1H. The second-order valence-electron chi connectivity index (χ2n) is 4.86. The van der Waals surface area contributed by atoms with Gasteiger partial charge < -0.3 is 10.5 Å². The molecule has 0 aliphatic carbocycles. The molecule has 0 aromatic heterocycles. The van der Waals surface area contributed by atoms with Gasteiger partial charge in [0.15, 0.2) is 0 Å². The predicted molar refractivity (Wildman–Crippen MR) is 86.0 cm³/mol. The van der Waals surface area contributed by atoms with Gasteiger partial charge in [-0.25, -0.2) is 0 Å². The molecule has 0 bridgehead atoms. The number of nitrogens with two attached hydrogens (primary N) is 1. The van der Waals surface area contributed by atoms with Crippen LogP contribution in [-0.2, 0) is 6.54 Å². The number of hydrogen-bond acceptors (Lipinski definition) is 4. The van der Waals surface area contributed by atoms with Crippen LogP contribution in [0.3, 0.4) is 0 Å². The Balaban J connectivity index is 0.00000200. The maximum Gasteiger partial charge on any atom is 0.123 e. The molecule has 2 rings (SSSR count). The number of halogens is 2. The smallest absolute Gasteiger partial charge is 0.123 e. The van der Waals surface area contributed by atoms with Crippen molar-refractivity contribution in [3.05, 3.63) is 28.8 Å². The minimum absolute atomic E-state index is 0. The quantitative estimate of drug-likeness (QED) is 0.899. The van der Waals surface area contributed by atoms with Crippen molar-refractivity contribution in [3.63, 3.8) is 0 Å². The third-order valence-corrected chi connectivity index (χ3v) is 3.78. The summed E-state index contributed by atoms with van der Waals surface area (Å²) in [6.07, 6.45) is 0. The number of benzene rings is 1. The highest BCUT2D eigenvalue weighted by Gasteiger charge is 2.17. The Hall–Kier alpha value is -0.520. The van der Waals surface area contributed by atoms with E-state index in [4.69, 9.17) is 22.1 Å². The number of hydrogen-bond donors (Lipinski definition) is 1. The Labute approximate surface area is 132 Å². The van der Waals surface area contributed by atoms with Crippen molar-refractivity contribution in [1.82, 2.24) is 9.80 Å². The van der Waals surface area contributed by atoms with Crippen molar-refractivity contribution in [2.75, 3.05) is 46.4 Å². The second kappa shape index (κ2) is 8.70. The Morgan fingerprint density at radius 3 is 2.45 bits per heavy atom. The molecule has 0 saturated carbocycles. The molecule has 1 aromatic rings. The van der Waals surface area contributed by atoms with Crippen LogP contribution in [0.4, 0.5) is 0 Å². The third-order valence-electron chi connectivity index (χ3n) is 3.55. The van der Waals surface area contributed by atoms with Crippen LogP contribution >= 0.6 is 24.0 Å². The van der Waals surface area contributed by atoms with Crippen molar-refractivity contribution in [1.29, 1.82) is 0 Å². The Morgan fingerprint density at radius 2 is 1.85 bits per heavy atom. The van der Waals surface area contributed by atoms with Gasteiger partial charge in [-0.3, -0.25) is 9.80 Å². The molecule has 0 radical (unpaired) electrons. The van der Waals surface area contributed by atoms with E-state index >= 15 is 0 Å². The molecule has 1 saturated heterocycles. The van der Waals surface area contributed by atoms with Crippen LogP contribution in [0, 0.1) is 0 Å². The first-order valence-corrected chi connectivity index (χ1v) is 7.08. The van der Waals surface area contributed by atoms with Gasteiger partial charge in [-0.15, -0.1) is 12.4 Å². The van der Waals surface area contributed by atoms with Crippen LogP contribution in [0.5, 0.6) is 5.75 Å². The van der Waals surface area contributed by atoms with E-state index in [1.807, 2.05) is 18.2 Å². The van der Waals surface area contributed by atoms with Gasteiger partial charge in [0.2, 0.25) is 0 Å². The summed E-state index contributed by atoms with van der Waals surface area (Å²) >= 11 is 6.06. The minimum Gasteiger partial charge on any atom is -0.496 e. The number of ether oxygens (including phenoxy) is 1. The number of rotatable bonds is 5. The van der Waals surface area contributed by atoms with E-state index in [0.29, 0.717) is 0 Å². The maximum atomic E-state index is 6.06. The molecule has 0 spiro atoms. The lowest BCUT2D eigenvalue weighted by Gasteiger charge is -2.34. The molecule has 1 aliphatic heterocycles. The van der Waals surface area contributed by atoms with Gasteiger partial charge in [0.1, 0.15) is 5.75 Å². The molecule has 20 heavy (non-hydrogen) atoms. The zero-order valence-corrected chi connectivity index (χ0v) is 13.4. The van der Waals surface area contributed by atoms with Gasteiger partial charge in [-0.1, -0.05) is 11.6 Å².